The van der Waals surface area contributed by atoms with Gasteiger partial charge in [0, 0.05) is 18.7 Å². The number of hydrogen-bond acceptors (Lipinski definition) is 6. The van der Waals surface area contributed by atoms with Crippen LogP contribution in [-0.4, -0.2) is 48.9 Å². The van der Waals surface area contributed by atoms with Crippen LogP contribution in [0, 0.1) is 13.8 Å². The van der Waals surface area contributed by atoms with E-state index in [0.29, 0.717) is 23.8 Å². The molecule has 1 amide bonds. The number of anilines is 1. The van der Waals surface area contributed by atoms with Gasteiger partial charge < -0.3 is 4.74 Å². The summed E-state index contributed by atoms with van der Waals surface area (Å²) < 4.78 is 34.0. The molecule has 164 valence electrons. The van der Waals surface area contributed by atoms with Crippen molar-refractivity contribution in [3.8, 4) is 0 Å². The Labute approximate surface area is 186 Å². The van der Waals surface area contributed by atoms with E-state index in [1.54, 1.807) is 0 Å². The van der Waals surface area contributed by atoms with Gasteiger partial charge in [-0.05, 0) is 75.2 Å². The van der Waals surface area contributed by atoms with Crippen molar-refractivity contribution in [1.29, 1.82) is 0 Å². The summed E-state index contributed by atoms with van der Waals surface area (Å²) in [6.45, 7) is 8.41. The third kappa shape index (κ3) is 4.50. The Morgan fingerprint density at radius 2 is 1.71 bits per heavy atom. The van der Waals surface area contributed by atoms with Gasteiger partial charge in [-0.1, -0.05) is 11.3 Å². The van der Waals surface area contributed by atoms with E-state index >= 15 is 0 Å². The maximum atomic E-state index is 13.0. The standard InChI is InChI=1S/C22H25N3O4S2/c1-13-9-19-20(10-14(13)2)30-22(23-19)24-21(26)17-5-7-18(8-6-17)31(27,28)25-11-15(3)29-16(4)12-25/h5-10,15-16H,11-12H2,1-4H3,(H,23,24,26). The molecule has 0 spiro atoms. The average Bonchev–Trinajstić information content (AvgIpc) is 3.08. The Morgan fingerprint density at radius 1 is 1.10 bits per heavy atom. The Kier molecular flexibility index (Phi) is 5.87. The van der Waals surface area contributed by atoms with E-state index in [4.69, 9.17) is 4.74 Å². The van der Waals surface area contributed by atoms with E-state index < -0.39 is 10.0 Å². The first kappa shape index (κ1) is 21.9. The predicted molar refractivity (Wildman–Crippen MR) is 122 cm³/mol. The number of thiazole rings is 1. The highest BCUT2D eigenvalue weighted by Gasteiger charge is 2.32. The van der Waals surface area contributed by atoms with E-state index in [9.17, 15) is 13.2 Å². The van der Waals surface area contributed by atoms with Crippen molar-refractivity contribution >= 4 is 42.6 Å². The second kappa shape index (κ2) is 8.31. The molecular formula is C22H25N3O4S2. The summed E-state index contributed by atoms with van der Waals surface area (Å²) in [6, 6.07) is 10.1. The van der Waals surface area contributed by atoms with Gasteiger partial charge in [-0.15, -0.1) is 0 Å². The SMILES string of the molecule is Cc1cc2nc(NC(=O)c3ccc(S(=O)(=O)N4CC(C)OC(C)C4)cc3)sc2cc1C. The molecule has 9 heteroatoms. The largest absolute Gasteiger partial charge is 0.373 e. The molecule has 1 saturated heterocycles. The molecule has 0 saturated carbocycles. The van der Waals surface area contributed by atoms with Crippen molar-refractivity contribution in [1.82, 2.24) is 9.29 Å². The molecular weight excluding hydrogens is 434 g/mol. The van der Waals surface area contributed by atoms with E-state index in [1.165, 1.54) is 45.5 Å². The number of carbonyl (C=O) groups is 1. The number of morpholine rings is 1. The number of carbonyl (C=O) groups excluding carboxylic acids is 1. The first-order valence-electron chi connectivity index (χ1n) is 10.1. The monoisotopic (exact) mass is 459 g/mol. The zero-order chi connectivity index (χ0) is 22.3. The number of benzene rings is 2. The molecule has 0 aliphatic carbocycles. The Balaban J connectivity index is 1.50. The third-order valence-corrected chi connectivity index (χ3v) is 8.14. The van der Waals surface area contributed by atoms with Gasteiger partial charge in [0.2, 0.25) is 10.0 Å². The molecule has 2 atom stereocenters. The van der Waals surface area contributed by atoms with E-state index in [0.717, 1.165) is 15.8 Å². The van der Waals surface area contributed by atoms with Crippen LogP contribution in [0.3, 0.4) is 0 Å². The van der Waals surface area contributed by atoms with Gasteiger partial charge in [0.15, 0.2) is 5.13 Å². The number of sulfonamides is 1. The first-order chi connectivity index (χ1) is 14.6. The summed E-state index contributed by atoms with van der Waals surface area (Å²) >= 11 is 1.41. The highest BCUT2D eigenvalue weighted by molar-refractivity contribution is 7.89. The van der Waals surface area contributed by atoms with Gasteiger partial charge >= 0.3 is 0 Å². The predicted octanol–water partition coefficient (Wildman–Crippen LogP) is 3.96. The van der Waals surface area contributed by atoms with Crippen LogP contribution in [0.25, 0.3) is 10.2 Å². The Hall–Kier alpha value is -2.33. The number of rotatable bonds is 4. The summed E-state index contributed by atoms with van der Waals surface area (Å²) in [5, 5.41) is 3.32. The van der Waals surface area contributed by atoms with E-state index in [1.807, 2.05) is 33.8 Å². The third-order valence-electron chi connectivity index (χ3n) is 5.36. The van der Waals surface area contributed by atoms with Crippen molar-refractivity contribution in [2.75, 3.05) is 18.4 Å². The van der Waals surface area contributed by atoms with E-state index in [-0.39, 0.29) is 23.0 Å². The minimum absolute atomic E-state index is 0.162. The fourth-order valence-electron chi connectivity index (χ4n) is 3.66. The lowest BCUT2D eigenvalue weighted by Crippen LogP contribution is -2.48. The maximum Gasteiger partial charge on any atom is 0.257 e. The van der Waals surface area contributed by atoms with Gasteiger partial charge in [0.25, 0.3) is 5.91 Å². The quantitative estimate of drug-likeness (QED) is 0.638. The van der Waals surface area contributed by atoms with Crippen molar-refractivity contribution in [3.63, 3.8) is 0 Å². The molecule has 1 fully saturated rings. The molecule has 3 aromatic rings. The highest BCUT2D eigenvalue weighted by atomic mass is 32.2. The number of nitrogens with one attached hydrogen (secondary N) is 1. The summed E-state index contributed by atoms with van der Waals surface area (Å²) in [7, 11) is -3.64. The van der Waals surface area contributed by atoms with Crippen LogP contribution in [0.1, 0.15) is 35.3 Å². The van der Waals surface area contributed by atoms with E-state index in [2.05, 4.69) is 16.4 Å². The molecule has 1 aromatic heterocycles. The fourth-order valence-corrected chi connectivity index (χ4v) is 6.19. The fraction of sp³-hybridized carbons (Fsp3) is 0.364. The topological polar surface area (TPSA) is 88.6 Å². The van der Waals surface area contributed by atoms with Crippen LogP contribution < -0.4 is 5.32 Å². The summed E-state index contributed by atoms with van der Waals surface area (Å²) in [6.07, 6.45) is -0.324. The molecule has 2 unspecified atom stereocenters. The Bertz CT molecular complexity index is 1190. The van der Waals surface area contributed by atoms with Crippen molar-refractivity contribution in [2.45, 2.75) is 44.8 Å². The molecule has 2 heterocycles. The minimum Gasteiger partial charge on any atom is -0.373 e. The first-order valence-corrected chi connectivity index (χ1v) is 12.3. The average molecular weight is 460 g/mol. The van der Waals surface area contributed by atoms with Gasteiger partial charge in [-0.2, -0.15) is 4.31 Å². The number of ether oxygens (including phenoxy) is 1. The summed E-state index contributed by atoms with van der Waals surface area (Å²) in [5.41, 5.74) is 3.54. The molecule has 2 aromatic carbocycles. The lowest BCUT2D eigenvalue weighted by atomic mass is 10.1. The number of amides is 1. The smallest absolute Gasteiger partial charge is 0.257 e. The van der Waals surface area contributed by atoms with Crippen LogP contribution in [-0.2, 0) is 14.8 Å². The lowest BCUT2D eigenvalue weighted by molar-refractivity contribution is -0.0440. The zero-order valence-electron chi connectivity index (χ0n) is 17.9. The lowest BCUT2D eigenvalue weighted by Gasteiger charge is -2.34. The number of fused-ring (bicyclic) bond motifs is 1. The molecule has 7 nitrogen and oxygen atoms in total. The highest BCUT2D eigenvalue weighted by Crippen LogP contribution is 2.29. The van der Waals surface area contributed by atoms with Crippen molar-refractivity contribution in [3.05, 3.63) is 53.1 Å². The maximum absolute atomic E-state index is 13.0. The van der Waals surface area contributed by atoms with Gasteiger partial charge in [-0.25, -0.2) is 13.4 Å². The summed E-state index contributed by atoms with van der Waals surface area (Å²) in [5.74, 6) is -0.329. The molecule has 1 N–H and O–H groups in total. The Morgan fingerprint density at radius 3 is 2.35 bits per heavy atom. The van der Waals surface area contributed by atoms with Crippen LogP contribution in [0.15, 0.2) is 41.3 Å². The van der Waals surface area contributed by atoms with Crippen LogP contribution in [0.2, 0.25) is 0 Å². The molecule has 1 aliphatic rings. The molecule has 0 radical (unpaired) electrons. The number of aryl methyl sites for hydroxylation is 2. The molecule has 1 aliphatic heterocycles. The molecule has 4 rings (SSSR count). The van der Waals surface area contributed by atoms with Gasteiger partial charge in [-0.3, -0.25) is 10.1 Å². The normalized spacial score (nSPS) is 20.1. The zero-order valence-corrected chi connectivity index (χ0v) is 19.5. The number of aromatic nitrogens is 1. The molecule has 0 bridgehead atoms. The van der Waals surface area contributed by atoms with Crippen molar-refractivity contribution < 1.29 is 17.9 Å². The second-order valence-electron chi connectivity index (χ2n) is 7.98. The summed E-state index contributed by atoms with van der Waals surface area (Å²) in [4.78, 5) is 17.3. The van der Waals surface area contributed by atoms with Gasteiger partial charge in [0.05, 0.1) is 27.3 Å². The molecule has 31 heavy (non-hydrogen) atoms. The van der Waals surface area contributed by atoms with Gasteiger partial charge in [0.1, 0.15) is 0 Å². The number of nitrogens with zero attached hydrogens (tertiary/aromatic N) is 2. The number of hydrogen-bond donors (Lipinski definition) is 1. The van der Waals surface area contributed by atoms with Crippen molar-refractivity contribution in [2.24, 2.45) is 0 Å². The van der Waals surface area contributed by atoms with Crippen LogP contribution in [0.5, 0.6) is 0 Å². The van der Waals surface area contributed by atoms with Crippen LogP contribution in [0.4, 0.5) is 5.13 Å². The second-order valence-corrected chi connectivity index (χ2v) is 10.9. The van der Waals surface area contributed by atoms with Crippen LogP contribution >= 0.6 is 11.3 Å². The minimum atomic E-state index is -3.64.